The lowest BCUT2D eigenvalue weighted by Crippen LogP contribution is -2.47. The maximum Gasteiger partial charge on any atom is 0.303 e. The second-order valence-electron chi connectivity index (χ2n) is 18.0. The summed E-state index contributed by atoms with van der Waals surface area (Å²) in [5.74, 6) is -0.229. The van der Waals surface area contributed by atoms with E-state index >= 15 is 0 Å². The third-order valence-corrected chi connectivity index (χ3v) is 12.8. The number of piperazine rings is 2. The number of hydrogen-bond donors (Lipinski definition) is 1. The van der Waals surface area contributed by atoms with Crippen molar-refractivity contribution in [1.82, 2.24) is 19.6 Å². The SMILES string of the molecule is CC.CC.CC.CC.CC(=O)Cl.CC(=O)OC(CCN1CCN(CCOC(c2ccccc2)c2ccccc2)CC1)c1ccccc1.OC(CCN1CCN(CCOC(c2ccccc2)c2ccccc2)CC1)c1ccccc1. The molecule has 0 aliphatic carbocycles. The molecule has 6 aromatic carbocycles. The zero-order valence-corrected chi connectivity index (χ0v) is 50.4. The summed E-state index contributed by atoms with van der Waals surface area (Å²) in [6.45, 7) is 32.2. The minimum absolute atomic E-state index is 0.0295. The number of hydrogen-bond acceptors (Lipinski definition) is 10. The topological polar surface area (TPSA) is 95.0 Å². The van der Waals surface area contributed by atoms with E-state index in [0.29, 0.717) is 13.2 Å². The second kappa shape index (κ2) is 44.2. The van der Waals surface area contributed by atoms with Gasteiger partial charge < -0.3 is 29.1 Å². The Hall–Kier alpha value is -5.53. The highest BCUT2D eigenvalue weighted by atomic mass is 35.5. The van der Waals surface area contributed by atoms with Crippen LogP contribution in [0.2, 0.25) is 0 Å². The molecule has 2 atom stereocenters. The van der Waals surface area contributed by atoms with Gasteiger partial charge in [-0.05, 0) is 51.4 Å². The molecule has 8 rings (SSSR count). The van der Waals surface area contributed by atoms with E-state index in [1.54, 1.807) is 0 Å². The normalized spacial score (nSPS) is 14.2. The number of aliphatic hydroxyl groups is 1. The molecule has 11 heteroatoms. The van der Waals surface area contributed by atoms with E-state index < -0.39 is 0 Å². The quantitative estimate of drug-likeness (QED) is 0.0555. The van der Waals surface area contributed by atoms with Gasteiger partial charge in [-0.1, -0.05) is 237 Å². The summed E-state index contributed by atoms with van der Waals surface area (Å²) in [6, 6.07) is 61.8. The number of rotatable bonds is 21. The zero-order valence-electron chi connectivity index (χ0n) is 49.6. The van der Waals surface area contributed by atoms with Crippen LogP contribution in [0, 0.1) is 0 Å². The average molecular weight is 1100 g/mol. The van der Waals surface area contributed by atoms with Crippen molar-refractivity contribution in [1.29, 1.82) is 0 Å². The van der Waals surface area contributed by atoms with E-state index in [1.807, 2.05) is 140 Å². The van der Waals surface area contributed by atoms with Crippen molar-refractivity contribution < 1.29 is 28.9 Å². The Kier molecular flexibility index (Phi) is 39.0. The van der Waals surface area contributed by atoms with Crippen molar-refractivity contribution in [3.8, 4) is 0 Å². The van der Waals surface area contributed by atoms with Crippen LogP contribution in [0.3, 0.4) is 0 Å². The van der Waals surface area contributed by atoms with Crippen LogP contribution in [0.4, 0.5) is 0 Å². The van der Waals surface area contributed by atoms with Crippen molar-refractivity contribution in [2.24, 2.45) is 0 Å². The summed E-state index contributed by atoms with van der Waals surface area (Å²) in [5.41, 5.74) is 6.83. The molecule has 0 radical (unpaired) electrons. The van der Waals surface area contributed by atoms with Gasteiger partial charge >= 0.3 is 5.97 Å². The minimum Gasteiger partial charge on any atom is -0.458 e. The Bertz CT molecular complexity index is 2260. The lowest BCUT2D eigenvalue weighted by Gasteiger charge is -2.35. The molecule has 10 nitrogen and oxygen atoms in total. The molecule has 2 aliphatic rings. The second-order valence-corrected chi connectivity index (χ2v) is 18.5. The molecule has 432 valence electrons. The highest BCUT2D eigenvalue weighted by molar-refractivity contribution is 6.62. The van der Waals surface area contributed by atoms with Gasteiger partial charge in [-0.15, -0.1) is 0 Å². The minimum atomic E-state index is -0.379. The van der Waals surface area contributed by atoms with Crippen LogP contribution in [0.5, 0.6) is 0 Å². The predicted molar refractivity (Wildman–Crippen MR) is 331 cm³/mol. The summed E-state index contributed by atoms with van der Waals surface area (Å²) in [4.78, 5) is 30.7. The highest BCUT2D eigenvalue weighted by Gasteiger charge is 2.23. The first kappa shape index (κ1) is 69.6. The van der Waals surface area contributed by atoms with Crippen molar-refractivity contribution in [2.45, 2.75) is 106 Å². The van der Waals surface area contributed by atoms with Gasteiger partial charge in [0.25, 0.3) is 0 Å². The molecule has 2 heterocycles. The van der Waals surface area contributed by atoms with E-state index in [9.17, 15) is 14.7 Å². The summed E-state index contributed by atoms with van der Waals surface area (Å²) in [7, 11) is 0. The van der Waals surface area contributed by atoms with Gasteiger partial charge in [0.15, 0.2) is 0 Å². The molecule has 2 aliphatic heterocycles. The van der Waals surface area contributed by atoms with E-state index in [4.69, 9.17) is 14.2 Å². The first-order chi connectivity index (χ1) is 38.7. The number of ether oxygens (including phenoxy) is 3. The first-order valence-electron chi connectivity index (χ1n) is 29.2. The molecule has 0 bridgehead atoms. The Morgan fingerprint density at radius 2 is 0.646 bits per heavy atom. The lowest BCUT2D eigenvalue weighted by molar-refractivity contribution is -0.147. The molecule has 2 fully saturated rings. The molecule has 1 N–H and O–H groups in total. The van der Waals surface area contributed by atoms with Gasteiger partial charge in [-0.2, -0.15) is 0 Å². The Labute approximate surface area is 482 Å². The van der Waals surface area contributed by atoms with E-state index in [2.05, 4.69) is 128 Å². The van der Waals surface area contributed by atoms with Crippen molar-refractivity contribution in [2.75, 3.05) is 91.8 Å². The molecule has 79 heavy (non-hydrogen) atoms. The monoisotopic (exact) mass is 1100 g/mol. The first-order valence-corrected chi connectivity index (χ1v) is 29.5. The zero-order chi connectivity index (χ0) is 57.9. The average Bonchev–Trinajstić information content (AvgIpc) is 3.51. The Balaban J connectivity index is 0.000000453. The number of benzene rings is 6. The molecule has 2 saturated heterocycles. The van der Waals surface area contributed by atoms with Crippen LogP contribution in [0.15, 0.2) is 182 Å². The third-order valence-electron chi connectivity index (χ3n) is 12.8. The number of aliphatic hydroxyl groups excluding tert-OH is 1. The molecule has 6 aromatic rings. The maximum atomic E-state index is 11.6. The fraction of sp³-hybridized carbons (Fsp3) is 0.441. The van der Waals surface area contributed by atoms with Gasteiger partial charge in [0, 0.05) is 98.8 Å². The standard InChI is InChI=1S/C30H36N2O3.C28H34N2O2.C2H3ClO.4C2H6/c1-25(33)35-29(26-11-5-2-6-12-26)17-18-31-19-21-32(22-20-31)23-24-34-30(27-13-7-3-8-14-27)28-15-9-4-10-16-28;31-27(24-10-4-1-5-11-24)16-17-29-18-20-30(21-19-29)22-23-32-28(25-12-6-2-7-13-25)26-14-8-3-9-15-26;1-2(3)4;4*1-2/h2-16,29-30H,17-24H2,1H3;1-15,27-28,31H,16-23H2;1H3;4*1-2H3. The Morgan fingerprint density at radius 3 is 0.924 bits per heavy atom. The van der Waals surface area contributed by atoms with Crippen LogP contribution in [0.25, 0.3) is 0 Å². The van der Waals surface area contributed by atoms with Gasteiger partial charge in [0.2, 0.25) is 5.24 Å². The molecule has 0 amide bonds. The van der Waals surface area contributed by atoms with Crippen LogP contribution in [-0.4, -0.2) is 128 Å². The number of carbonyl (C=O) groups is 2. The van der Waals surface area contributed by atoms with E-state index in [0.717, 1.165) is 103 Å². The van der Waals surface area contributed by atoms with Gasteiger partial charge in [-0.25, -0.2) is 0 Å². The van der Waals surface area contributed by atoms with E-state index in [-0.39, 0.29) is 35.6 Å². The lowest BCUT2D eigenvalue weighted by atomic mass is 10.0. The molecule has 0 aromatic heterocycles. The molecule has 0 spiro atoms. The largest absolute Gasteiger partial charge is 0.458 e. The Morgan fingerprint density at radius 1 is 0.405 bits per heavy atom. The molecular formula is C68H97ClN4O6. The van der Waals surface area contributed by atoms with Gasteiger partial charge in [-0.3, -0.25) is 19.4 Å². The number of halogens is 1. The molecular weight excluding hydrogens is 1000 g/mol. The summed E-state index contributed by atoms with van der Waals surface area (Å²) in [6.07, 6.45) is 0.947. The van der Waals surface area contributed by atoms with Crippen LogP contribution < -0.4 is 0 Å². The number of carbonyl (C=O) groups excluding carboxylic acids is 2. The number of esters is 1. The van der Waals surface area contributed by atoms with Crippen molar-refractivity contribution in [3.05, 3.63) is 215 Å². The summed E-state index contributed by atoms with van der Waals surface area (Å²) >= 11 is 4.64. The smallest absolute Gasteiger partial charge is 0.303 e. The third kappa shape index (κ3) is 28.5. The van der Waals surface area contributed by atoms with Gasteiger partial charge in [0.1, 0.15) is 18.3 Å². The van der Waals surface area contributed by atoms with Crippen molar-refractivity contribution in [3.63, 3.8) is 0 Å². The van der Waals surface area contributed by atoms with Gasteiger partial charge in [0.05, 0.1) is 19.3 Å². The van der Waals surface area contributed by atoms with E-state index in [1.165, 1.54) is 36.1 Å². The highest BCUT2D eigenvalue weighted by Crippen LogP contribution is 2.28. The molecule has 2 unspecified atom stereocenters. The van der Waals surface area contributed by atoms with Crippen LogP contribution in [-0.2, 0) is 23.8 Å². The summed E-state index contributed by atoms with van der Waals surface area (Å²) in [5, 5.41) is 10.0. The predicted octanol–water partition coefficient (Wildman–Crippen LogP) is 14.5. The fourth-order valence-electron chi connectivity index (χ4n) is 8.96. The maximum absolute atomic E-state index is 11.6. The van der Waals surface area contributed by atoms with Crippen molar-refractivity contribution >= 4 is 22.8 Å². The fourth-order valence-corrected chi connectivity index (χ4v) is 8.96. The van der Waals surface area contributed by atoms with Crippen LogP contribution >= 0.6 is 11.6 Å². The number of nitrogens with zero attached hydrogens (tertiary/aromatic N) is 4. The molecule has 0 saturated carbocycles. The van der Waals surface area contributed by atoms with Crippen LogP contribution in [0.1, 0.15) is 140 Å². The summed E-state index contributed by atoms with van der Waals surface area (Å²) < 4.78 is 18.4.